The van der Waals surface area contributed by atoms with Gasteiger partial charge in [-0.2, -0.15) is 0 Å². The van der Waals surface area contributed by atoms with Crippen LogP contribution in [-0.2, 0) is 22.6 Å². The summed E-state index contributed by atoms with van der Waals surface area (Å²) in [6, 6.07) is 19.7. The van der Waals surface area contributed by atoms with Gasteiger partial charge in [0.05, 0.1) is 0 Å². The van der Waals surface area contributed by atoms with Crippen molar-refractivity contribution in [1.82, 2.24) is 10.2 Å². The number of carbonyl (C=O) groups excluding carboxylic acids is 2. The molecule has 5 nitrogen and oxygen atoms in total. The number of amides is 2. The van der Waals surface area contributed by atoms with Crippen LogP contribution in [0.4, 0.5) is 0 Å². The summed E-state index contributed by atoms with van der Waals surface area (Å²) >= 11 is 12.9. The zero-order valence-corrected chi connectivity index (χ0v) is 22.6. The highest BCUT2D eigenvalue weighted by Gasteiger charge is 2.32. The smallest absolute Gasteiger partial charge is 0.261 e. The lowest BCUT2D eigenvalue weighted by Crippen LogP contribution is -2.53. The monoisotopic (exact) mass is 526 g/mol. The molecular formula is C29H32Cl2N2O3. The van der Waals surface area contributed by atoms with Crippen molar-refractivity contribution < 1.29 is 14.3 Å². The first-order chi connectivity index (χ1) is 17.2. The molecule has 0 aliphatic rings. The van der Waals surface area contributed by atoms with Crippen molar-refractivity contribution in [1.29, 1.82) is 0 Å². The van der Waals surface area contributed by atoms with E-state index in [2.05, 4.69) is 5.32 Å². The Morgan fingerprint density at radius 1 is 0.944 bits per heavy atom. The number of hydrogen-bond donors (Lipinski definition) is 1. The molecule has 1 atom stereocenters. The molecule has 0 aromatic heterocycles. The zero-order valence-electron chi connectivity index (χ0n) is 21.1. The van der Waals surface area contributed by atoms with Gasteiger partial charge in [0.1, 0.15) is 11.8 Å². The first-order valence-electron chi connectivity index (χ1n) is 11.9. The number of hydrogen-bond acceptors (Lipinski definition) is 3. The highest BCUT2D eigenvalue weighted by atomic mass is 35.5. The summed E-state index contributed by atoms with van der Waals surface area (Å²) in [7, 11) is 0. The highest BCUT2D eigenvalue weighted by Crippen LogP contribution is 2.27. The van der Waals surface area contributed by atoms with Gasteiger partial charge in [0, 0.05) is 34.6 Å². The molecule has 2 amide bonds. The van der Waals surface area contributed by atoms with E-state index in [0.717, 1.165) is 16.7 Å². The topological polar surface area (TPSA) is 58.6 Å². The molecule has 7 heteroatoms. The normalized spacial score (nSPS) is 11.8. The molecule has 3 rings (SSSR count). The van der Waals surface area contributed by atoms with Crippen LogP contribution in [-0.4, -0.2) is 35.4 Å². The molecule has 3 aromatic rings. The molecule has 0 unspecified atom stereocenters. The Morgan fingerprint density at radius 3 is 2.22 bits per heavy atom. The van der Waals surface area contributed by atoms with Crippen LogP contribution in [0.25, 0.3) is 0 Å². The van der Waals surface area contributed by atoms with Gasteiger partial charge in [0.25, 0.3) is 5.91 Å². The molecule has 0 aliphatic carbocycles. The molecule has 0 heterocycles. The van der Waals surface area contributed by atoms with Gasteiger partial charge in [-0.3, -0.25) is 9.59 Å². The zero-order chi connectivity index (χ0) is 26.2. The summed E-state index contributed by atoms with van der Waals surface area (Å²) in [5, 5.41) is 3.82. The average Bonchev–Trinajstić information content (AvgIpc) is 2.82. The summed E-state index contributed by atoms with van der Waals surface area (Å²) in [6.45, 7) is 7.54. The number of ether oxygens (including phenoxy) is 1. The molecule has 36 heavy (non-hydrogen) atoms. The lowest BCUT2D eigenvalue weighted by molar-refractivity contribution is -0.143. The molecule has 0 bridgehead atoms. The maximum absolute atomic E-state index is 13.7. The summed E-state index contributed by atoms with van der Waals surface area (Å²) in [5.41, 5.74) is 3.55. The fourth-order valence-electron chi connectivity index (χ4n) is 3.97. The van der Waals surface area contributed by atoms with Crippen molar-refractivity contribution in [2.45, 2.75) is 52.7 Å². The number of carbonyl (C=O) groups is 2. The third kappa shape index (κ3) is 7.49. The Balaban J connectivity index is 1.97. The Bertz CT molecular complexity index is 1180. The van der Waals surface area contributed by atoms with Gasteiger partial charge in [0.2, 0.25) is 5.91 Å². The Morgan fingerprint density at radius 2 is 1.61 bits per heavy atom. The molecule has 3 aromatic carbocycles. The second-order valence-electron chi connectivity index (χ2n) is 9.15. The third-order valence-electron chi connectivity index (χ3n) is 5.77. The Kier molecular flexibility index (Phi) is 9.80. The number of rotatable bonds is 10. The minimum absolute atomic E-state index is 0.0661. The quantitative estimate of drug-likeness (QED) is 0.344. The van der Waals surface area contributed by atoms with Crippen LogP contribution < -0.4 is 10.1 Å². The van der Waals surface area contributed by atoms with Gasteiger partial charge in [-0.05, 0) is 57.0 Å². The third-order valence-corrected chi connectivity index (χ3v) is 6.48. The van der Waals surface area contributed by atoms with E-state index in [1.807, 2.05) is 76.2 Å². The van der Waals surface area contributed by atoms with E-state index < -0.39 is 6.04 Å². The first-order valence-corrected chi connectivity index (χ1v) is 12.7. The number of nitrogens with zero attached hydrogens (tertiary/aromatic N) is 1. The predicted molar refractivity (Wildman–Crippen MR) is 146 cm³/mol. The van der Waals surface area contributed by atoms with Gasteiger partial charge in [-0.25, -0.2) is 0 Å². The lowest BCUT2D eigenvalue weighted by Gasteiger charge is -2.32. The van der Waals surface area contributed by atoms with E-state index in [-0.39, 0.29) is 31.0 Å². The van der Waals surface area contributed by atoms with Gasteiger partial charge in [0.15, 0.2) is 6.61 Å². The fourth-order valence-corrected chi connectivity index (χ4v) is 4.49. The Hall–Kier alpha value is -3.02. The molecule has 190 valence electrons. The molecule has 0 radical (unpaired) electrons. The van der Waals surface area contributed by atoms with Crippen LogP contribution in [0.2, 0.25) is 10.0 Å². The second-order valence-corrected chi connectivity index (χ2v) is 9.96. The molecule has 0 saturated heterocycles. The first kappa shape index (κ1) is 27.6. The number of halogens is 2. The number of benzene rings is 3. The van der Waals surface area contributed by atoms with E-state index in [1.165, 1.54) is 4.90 Å². The maximum atomic E-state index is 13.7. The Labute approximate surface area is 223 Å². The molecule has 0 saturated carbocycles. The van der Waals surface area contributed by atoms with Crippen LogP contribution in [0.15, 0.2) is 66.7 Å². The van der Waals surface area contributed by atoms with Crippen molar-refractivity contribution >= 4 is 35.0 Å². The number of nitrogens with one attached hydrogen (secondary N) is 1. The molecule has 0 aliphatic heterocycles. The van der Waals surface area contributed by atoms with E-state index in [1.54, 1.807) is 18.2 Å². The summed E-state index contributed by atoms with van der Waals surface area (Å²) in [4.78, 5) is 28.6. The minimum atomic E-state index is -0.794. The summed E-state index contributed by atoms with van der Waals surface area (Å²) in [6.07, 6.45) is 0.330. The van der Waals surface area contributed by atoms with Crippen molar-refractivity contribution in [2.24, 2.45) is 0 Å². The van der Waals surface area contributed by atoms with Gasteiger partial charge < -0.3 is 15.0 Å². The van der Waals surface area contributed by atoms with Crippen LogP contribution >= 0.6 is 23.2 Å². The van der Waals surface area contributed by atoms with E-state index in [0.29, 0.717) is 27.8 Å². The summed E-state index contributed by atoms with van der Waals surface area (Å²) in [5.74, 6) is 0.0265. The minimum Gasteiger partial charge on any atom is -0.483 e. The van der Waals surface area contributed by atoms with Crippen LogP contribution in [0, 0.1) is 13.8 Å². The largest absolute Gasteiger partial charge is 0.483 e. The lowest BCUT2D eigenvalue weighted by atomic mass is 10.0. The fraction of sp³-hybridized carbons (Fsp3) is 0.310. The SMILES string of the molecule is Cc1ccc(OCC(=O)N(Cc2c(Cl)cccc2Cl)[C@H](Cc2ccccc2)C(=O)NC(C)C)c(C)c1. The van der Waals surface area contributed by atoms with E-state index >= 15 is 0 Å². The number of aryl methyl sites for hydroxylation is 2. The molecule has 0 spiro atoms. The maximum Gasteiger partial charge on any atom is 0.261 e. The van der Waals surface area contributed by atoms with Crippen molar-refractivity contribution in [2.75, 3.05) is 6.61 Å². The molecule has 1 N–H and O–H groups in total. The molecular weight excluding hydrogens is 495 g/mol. The molecule has 0 fully saturated rings. The second kappa shape index (κ2) is 12.8. The standard InChI is InChI=1S/C29H32Cl2N2O3/c1-19(2)32-29(35)26(16-22-9-6-5-7-10-22)33(17-23-24(30)11-8-12-25(23)31)28(34)18-36-27-14-13-20(3)15-21(27)4/h5-15,19,26H,16-18H2,1-4H3,(H,32,35)/t26-/m1/s1. The van der Waals surface area contributed by atoms with Crippen molar-refractivity contribution in [3.8, 4) is 5.75 Å². The van der Waals surface area contributed by atoms with Crippen LogP contribution in [0.1, 0.15) is 36.1 Å². The average molecular weight is 527 g/mol. The van der Waals surface area contributed by atoms with Crippen LogP contribution in [0.3, 0.4) is 0 Å². The highest BCUT2D eigenvalue weighted by molar-refractivity contribution is 6.36. The van der Waals surface area contributed by atoms with Gasteiger partial charge in [-0.15, -0.1) is 0 Å². The summed E-state index contributed by atoms with van der Waals surface area (Å²) < 4.78 is 5.91. The van der Waals surface area contributed by atoms with E-state index in [4.69, 9.17) is 27.9 Å². The predicted octanol–water partition coefficient (Wildman–Crippen LogP) is 6.15. The van der Waals surface area contributed by atoms with E-state index in [9.17, 15) is 9.59 Å². The van der Waals surface area contributed by atoms with Crippen molar-refractivity contribution in [3.05, 3.63) is 99.0 Å². The van der Waals surface area contributed by atoms with Gasteiger partial charge >= 0.3 is 0 Å². The van der Waals surface area contributed by atoms with Crippen LogP contribution in [0.5, 0.6) is 5.75 Å². The van der Waals surface area contributed by atoms with Gasteiger partial charge in [-0.1, -0.05) is 77.3 Å². The van der Waals surface area contributed by atoms with Crippen molar-refractivity contribution in [3.63, 3.8) is 0 Å².